The molecule has 310 valence electrons. The first-order valence-electron chi connectivity index (χ1n) is 20.2. The molecule has 3 fully saturated rings. The number of fused-ring (bicyclic) bond motifs is 1. The van der Waals surface area contributed by atoms with E-state index in [-0.39, 0.29) is 58.8 Å². The Balaban J connectivity index is 0.808. The molecule has 0 radical (unpaired) electrons. The Kier molecular flexibility index (Phi) is 11.7. The van der Waals surface area contributed by atoms with E-state index >= 15 is 0 Å². The highest BCUT2D eigenvalue weighted by Crippen LogP contribution is 2.55. The molecule has 1 saturated carbocycles. The van der Waals surface area contributed by atoms with Crippen LogP contribution in [0, 0.1) is 22.2 Å². The van der Waals surface area contributed by atoms with E-state index in [1.807, 2.05) is 12.1 Å². The normalized spacial score (nSPS) is 22.5. The number of piperidine rings is 1. The number of rotatable bonds is 13. The van der Waals surface area contributed by atoms with Crippen molar-refractivity contribution in [3.05, 3.63) is 82.0 Å². The van der Waals surface area contributed by atoms with Crippen LogP contribution in [0.25, 0.3) is 0 Å². The van der Waals surface area contributed by atoms with Crippen LogP contribution in [0.4, 0.5) is 5.82 Å². The molecule has 0 spiro atoms. The summed E-state index contributed by atoms with van der Waals surface area (Å²) in [6, 6.07) is 14.5. The van der Waals surface area contributed by atoms with E-state index in [0.717, 1.165) is 67.6 Å². The largest absolute Gasteiger partial charge is 0.494 e. The van der Waals surface area contributed by atoms with Gasteiger partial charge in [0, 0.05) is 68.8 Å². The number of imide groups is 2. The number of nitrogens with one attached hydrogen (secondary N) is 1. The number of carbonyl (C=O) groups is 5. The first-order chi connectivity index (χ1) is 28.1. The number of likely N-dealkylation sites (tertiary alicyclic amines) is 1. The molecule has 59 heavy (non-hydrogen) atoms. The molecular formula is C44H50ClN7O7. The lowest BCUT2D eigenvalue weighted by Crippen LogP contribution is -2.74. The van der Waals surface area contributed by atoms with Crippen molar-refractivity contribution in [1.82, 2.24) is 25.0 Å². The van der Waals surface area contributed by atoms with Crippen LogP contribution in [-0.2, 0) is 9.59 Å². The van der Waals surface area contributed by atoms with Gasteiger partial charge in [0.05, 0.1) is 33.9 Å². The van der Waals surface area contributed by atoms with Crippen LogP contribution in [0.2, 0.25) is 5.02 Å². The molecular weight excluding hydrogens is 774 g/mol. The molecule has 14 nitrogen and oxygen atoms in total. The number of ether oxygens (including phenoxy) is 2. The number of anilines is 1. The van der Waals surface area contributed by atoms with E-state index in [2.05, 4.69) is 53.9 Å². The smallest absolute Gasteiger partial charge is 0.262 e. The van der Waals surface area contributed by atoms with E-state index in [1.54, 1.807) is 42.6 Å². The third-order valence-electron chi connectivity index (χ3n) is 12.3. The first-order valence-corrected chi connectivity index (χ1v) is 20.5. The Labute approximate surface area is 349 Å². The fourth-order valence-electron chi connectivity index (χ4n) is 9.27. The number of benzene rings is 2. The van der Waals surface area contributed by atoms with Gasteiger partial charge in [0.25, 0.3) is 23.6 Å². The van der Waals surface area contributed by atoms with Crippen molar-refractivity contribution >= 4 is 47.0 Å². The number of hydrogen-bond donors (Lipinski definition) is 1. The second-order valence-corrected chi connectivity index (χ2v) is 17.4. The van der Waals surface area contributed by atoms with Crippen molar-refractivity contribution in [2.75, 3.05) is 51.3 Å². The summed E-state index contributed by atoms with van der Waals surface area (Å²) in [6.07, 6.45) is 4.46. The van der Waals surface area contributed by atoms with Crippen LogP contribution in [0.5, 0.6) is 11.5 Å². The number of aromatic nitrogens is 1. The molecule has 2 saturated heterocycles. The van der Waals surface area contributed by atoms with Gasteiger partial charge < -0.3 is 19.7 Å². The van der Waals surface area contributed by atoms with E-state index in [1.165, 1.54) is 7.05 Å². The summed E-state index contributed by atoms with van der Waals surface area (Å²) < 4.78 is 12.3. The zero-order chi connectivity index (χ0) is 42.2. The van der Waals surface area contributed by atoms with Gasteiger partial charge >= 0.3 is 0 Å². The average molecular weight is 824 g/mol. The molecule has 1 unspecified atom stereocenters. The topological polar surface area (TPSA) is 165 Å². The summed E-state index contributed by atoms with van der Waals surface area (Å²) in [6.45, 7) is 13.2. The number of halogens is 1. The zero-order valence-corrected chi connectivity index (χ0v) is 34.9. The Morgan fingerprint density at radius 2 is 1.63 bits per heavy atom. The quantitative estimate of drug-likeness (QED) is 0.175. The predicted octanol–water partition coefficient (Wildman–Crippen LogP) is 5.33. The fourth-order valence-corrected chi connectivity index (χ4v) is 9.48. The monoisotopic (exact) mass is 823 g/mol. The molecule has 0 bridgehead atoms. The van der Waals surface area contributed by atoms with E-state index in [9.17, 15) is 29.2 Å². The maximum atomic E-state index is 13.4. The van der Waals surface area contributed by atoms with Crippen molar-refractivity contribution in [1.29, 1.82) is 5.26 Å². The van der Waals surface area contributed by atoms with Crippen LogP contribution in [-0.4, -0.2) is 114 Å². The summed E-state index contributed by atoms with van der Waals surface area (Å²) in [5, 5.41) is 12.8. The number of nitriles is 1. The highest BCUT2D eigenvalue weighted by Gasteiger charge is 2.64. The maximum Gasteiger partial charge on any atom is 0.262 e. The molecule has 7 rings (SSSR count). The zero-order valence-electron chi connectivity index (χ0n) is 34.1. The van der Waals surface area contributed by atoms with Gasteiger partial charge in [0.15, 0.2) is 0 Å². The minimum atomic E-state index is -0.985. The Morgan fingerprint density at radius 1 is 0.915 bits per heavy atom. The second-order valence-electron chi connectivity index (χ2n) is 17.0. The van der Waals surface area contributed by atoms with Gasteiger partial charge in [-0.05, 0) is 74.7 Å². The second kappa shape index (κ2) is 16.6. The molecule has 5 amide bonds. The van der Waals surface area contributed by atoms with Crippen LogP contribution in [0.3, 0.4) is 0 Å². The van der Waals surface area contributed by atoms with Gasteiger partial charge in [-0.3, -0.25) is 38.7 Å². The molecule has 4 heterocycles. The summed E-state index contributed by atoms with van der Waals surface area (Å²) in [7, 11) is 1.37. The summed E-state index contributed by atoms with van der Waals surface area (Å²) in [5.41, 5.74) is 0.587. The van der Waals surface area contributed by atoms with Gasteiger partial charge in [0.1, 0.15) is 35.5 Å². The van der Waals surface area contributed by atoms with Gasteiger partial charge in [0.2, 0.25) is 5.91 Å². The lowest BCUT2D eigenvalue weighted by Gasteiger charge is -2.63. The number of piperazine rings is 1. The third kappa shape index (κ3) is 8.10. The number of amides is 5. The van der Waals surface area contributed by atoms with Gasteiger partial charge in [-0.25, -0.2) is 4.98 Å². The molecule has 15 heteroatoms. The molecule has 3 aliphatic heterocycles. The van der Waals surface area contributed by atoms with Crippen molar-refractivity contribution in [2.24, 2.45) is 10.8 Å². The number of pyridine rings is 1. The predicted molar refractivity (Wildman–Crippen MR) is 219 cm³/mol. The van der Waals surface area contributed by atoms with Crippen LogP contribution >= 0.6 is 11.6 Å². The van der Waals surface area contributed by atoms with Crippen molar-refractivity contribution in [2.45, 2.75) is 78.0 Å². The number of likely N-dealkylation sites (N-methyl/N-ethyl adjacent to an activating group) is 1. The van der Waals surface area contributed by atoms with Crippen LogP contribution in [0.1, 0.15) is 96.4 Å². The highest BCUT2D eigenvalue weighted by atomic mass is 35.5. The fraction of sp³-hybridized carbons (Fsp3) is 0.477. The lowest BCUT2D eigenvalue weighted by molar-refractivity contribution is -0.164. The number of nitrogens with zero attached hydrogens (tertiary/aromatic N) is 6. The Morgan fingerprint density at radius 3 is 2.31 bits per heavy atom. The molecule has 1 aliphatic carbocycles. The lowest BCUT2D eigenvalue weighted by atomic mass is 9.49. The molecule has 1 N–H and O–H groups in total. The van der Waals surface area contributed by atoms with E-state index in [0.29, 0.717) is 34.3 Å². The summed E-state index contributed by atoms with van der Waals surface area (Å²) in [4.78, 5) is 75.5. The van der Waals surface area contributed by atoms with Gasteiger partial charge in [-0.2, -0.15) is 5.26 Å². The summed E-state index contributed by atoms with van der Waals surface area (Å²) >= 11 is 6.24. The Bertz CT molecular complexity index is 2180. The molecule has 2 aromatic carbocycles. The third-order valence-corrected chi connectivity index (χ3v) is 12.7. The highest BCUT2D eigenvalue weighted by molar-refractivity contribution is 6.31. The van der Waals surface area contributed by atoms with E-state index in [4.69, 9.17) is 21.1 Å². The summed E-state index contributed by atoms with van der Waals surface area (Å²) in [5.74, 6) is -0.202. The molecule has 1 atom stereocenters. The standard InChI is InChI=1S/C44H50ClN7O7/c1-43(2)41(44(3,4)42(43)59-30-11-9-27(25-46)33(45)24-30)48-37(54)28-10-15-35(47-26-28)51-20-18-50(19-21-51)17-7-6-8-22-58-29-12-13-31-32(23-29)39(56)52(38(31)55)34-14-16-36(53)49(5)40(34)57/h9-13,15,23-24,26,34,41-42H,6-8,14,16-22H2,1-5H3,(H,48,54). The van der Waals surface area contributed by atoms with Gasteiger partial charge in [-0.1, -0.05) is 39.3 Å². The molecule has 1 aromatic heterocycles. The number of unbranched alkanes of at least 4 members (excludes halogenated alkanes) is 2. The number of hydrogen-bond acceptors (Lipinski definition) is 11. The van der Waals surface area contributed by atoms with Crippen LogP contribution < -0.4 is 19.7 Å². The minimum absolute atomic E-state index is 0.0966. The van der Waals surface area contributed by atoms with Gasteiger partial charge in [-0.15, -0.1) is 0 Å². The van der Waals surface area contributed by atoms with Crippen LogP contribution in [0.15, 0.2) is 54.7 Å². The average Bonchev–Trinajstić information content (AvgIpc) is 3.47. The van der Waals surface area contributed by atoms with Crippen molar-refractivity contribution in [3.63, 3.8) is 0 Å². The maximum absolute atomic E-state index is 13.4. The van der Waals surface area contributed by atoms with E-state index < -0.39 is 23.8 Å². The van der Waals surface area contributed by atoms with Crippen molar-refractivity contribution < 1.29 is 33.4 Å². The molecule has 3 aromatic rings. The minimum Gasteiger partial charge on any atom is -0.494 e. The molecule has 4 aliphatic rings. The first kappa shape index (κ1) is 41.6. The SMILES string of the molecule is CN1C(=O)CCC(N2C(=O)c3ccc(OCCCCCN4CCN(c5ccc(C(=O)NC6C(C)(C)C(Oc7ccc(C#N)c(Cl)c7)C6(C)C)cn5)CC4)cc3C2=O)C1=O. The Hall–Kier alpha value is -5.52. The van der Waals surface area contributed by atoms with Crippen molar-refractivity contribution in [3.8, 4) is 17.6 Å². The number of carbonyl (C=O) groups excluding carboxylic acids is 5.